The van der Waals surface area contributed by atoms with Crippen LogP contribution in [0.2, 0.25) is 0 Å². The third kappa shape index (κ3) is 2.50. The number of hydrogen-bond acceptors (Lipinski definition) is 4. The fourth-order valence-electron chi connectivity index (χ4n) is 3.07. The Morgan fingerprint density at radius 2 is 2.10 bits per heavy atom. The molecule has 2 aliphatic rings. The molecule has 0 unspecified atom stereocenters. The molecule has 1 saturated carbocycles. The summed E-state index contributed by atoms with van der Waals surface area (Å²) in [5.74, 6) is 0.971. The lowest BCUT2D eigenvalue weighted by molar-refractivity contribution is 0.275. The molecular formula is C16H19N3S. The highest BCUT2D eigenvalue weighted by atomic mass is 32.1. The van der Waals surface area contributed by atoms with E-state index in [9.17, 15) is 0 Å². The van der Waals surface area contributed by atoms with Gasteiger partial charge in [-0.1, -0.05) is 0 Å². The predicted molar refractivity (Wildman–Crippen MR) is 81.9 cm³/mol. The van der Waals surface area contributed by atoms with Crippen molar-refractivity contribution in [3.63, 3.8) is 0 Å². The van der Waals surface area contributed by atoms with Gasteiger partial charge >= 0.3 is 0 Å². The largest absolute Gasteiger partial charge is 0.302 e. The molecule has 1 aliphatic carbocycles. The minimum atomic E-state index is 0.971. The summed E-state index contributed by atoms with van der Waals surface area (Å²) in [6.07, 6.45) is 6.77. The molecule has 3 nitrogen and oxygen atoms in total. The molecule has 104 valence electrons. The molecule has 3 heterocycles. The molecule has 0 spiro atoms. The monoisotopic (exact) mass is 285 g/mol. The van der Waals surface area contributed by atoms with E-state index in [0.717, 1.165) is 37.5 Å². The number of nitrogens with zero attached hydrogens (tertiary/aromatic N) is 3. The fraction of sp³-hybridized carbons (Fsp3) is 0.500. The van der Waals surface area contributed by atoms with Gasteiger partial charge in [-0.3, -0.25) is 0 Å². The quantitative estimate of drug-likeness (QED) is 0.868. The summed E-state index contributed by atoms with van der Waals surface area (Å²) in [7, 11) is 0. The molecule has 0 N–H and O–H groups in total. The van der Waals surface area contributed by atoms with E-state index in [4.69, 9.17) is 0 Å². The molecule has 0 saturated heterocycles. The van der Waals surface area contributed by atoms with Crippen molar-refractivity contribution >= 4 is 11.3 Å². The average Bonchev–Trinajstić information content (AvgIpc) is 3.17. The minimum absolute atomic E-state index is 0.971. The summed E-state index contributed by atoms with van der Waals surface area (Å²) in [6, 6.07) is 2.17. The first-order valence-corrected chi connectivity index (χ1v) is 8.42. The highest BCUT2D eigenvalue weighted by Gasteiger charge is 2.26. The zero-order valence-corrected chi connectivity index (χ0v) is 12.4. The van der Waals surface area contributed by atoms with Crippen molar-refractivity contribution in [3.05, 3.63) is 34.4 Å². The summed E-state index contributed by atoms with van der Waals surface area (Å²) in [5.41, 5.74) is 5.05. The Morgan fingerprint density at radius 3 is 2.90 bits per heavy atom. The topological polar surface area (TPSA) is 29.0 Å². The summed E-state index contributed by atoms with van der Waals surface area (Å²) in [4.78, 5) is 11.7. The van der Waals surface area contributed by atoms with Gasteiger partial charge in [0.2, 0.25) is 0 Å². The highest BCUT2D eigenvalue weighted by molar-refractivity contribution is 7.08. The van der Waals surface area contributed by atoms with Crippen LogP contribution in [0.3, 0.4) is 0 Å². The Morgan fingerprint density at radius 1 is 1.20 bits per heavy atom. The molecule has 0 radical (unpaired) electrons. The van der Waals surface area contributed by atoms with Gasteiger partial charge in [-0.15, -0.1) is 0 Å². The minimum Gasteiger partial charge on any atom is -0.302 e. The van der Waals surface area contributed by atoms with Crippen molar-refractivity contribution < 1.29 is 0 Å². The molecule has 4 heteroatoms. The SMILES string of the molecule is c1nc2c(c(-c3ccsc3)n1)CCN(CC1CC1)CC2. The molecule has 0 amide bonds. The van der Waals surface area contributed by atoms with Gasteiger partial charge in [0.25, 0.3) is 0 Å². The maximum Gasteiger partial charge on any atom is 0.116 e. The van der Waals surface area contributed by atoms with Gasteiger partial charge in [0, 0.05) is 48.3 Å². The van der Waals surface area contributed by atoms with Crippen LogP contribution in [-0.2, 0) is 12.8 Å². The zero-order valence-electron chi connectivity index (χ0n) is 11.6. The number of thiophene rings is 1. The Bertz CT molecular complexity index is 590. The predicted octanol–water partition coefficient (Wildman–Crippen LogP) is 3.02. The maximum atomic E-state index is 4.55. The van der Waals surface area contributed by atoms with E-state index in [1.54, 1.807) is 17.7 Å². The number of rotatable bonds is 3. The van der Waals surface area contributed by atoms with Crippen LogP contribution in [0.5, 0.6) is 0 Å². The van der Waals surface area contributed by atoms with Gasteiger partial charge in [-0.25, -0.2) is 9.97 Å². The molecule has 0 aromatic carbocycles. The first-order chi connectivity index (χ1) is 9.90. The van der Waals surface area contributed by atoms with Crippen LogP contribution in [0, 0.1) is 5.92 Å². The fourth-order valence-corrected chi connectivity index (χ4v) is 3.71. The third-order valence-electron chi connectivity index (χ3n) is 4.39. The second-order valence-corrected chi connectivity index (χ2v) is 6.68. The molecular weight excluding hydrogens is 266 g/mol. The van der Waals surface area contributed by atoms with E-state index in [1.165, 1.54) is 36.2 Å². The zero-order chi connectivity index (χ0) is 13.4. The van der Waals surface area contributed by atoms with E-state index >= 15 is 0 Å². The molecule has 4 rings (SSSR count). The van der Waals surface area contributed by atoms with E-state index in [2.05, 4.69) is 31.7 Å². The Balaban J connectivity index is 1.61. The summed E-state index contributed by atoms with van der Waals surface area (Å²) in [6.45, 7) is 3.60. The molecule has 2 aromatic rings. The van der Waals surface area contributed by atoms with Gasteiger partial charge in [0.15, 0.2) is 0 Å². The molecule has 20 heavy (non-hydrogen) atoms. The van der Waals surface area contributed by atoms with Crippen LogP contribution in [0.4, 0.5) is 0 Å². The molecule has 1 aliphatic heterocycles. The maximum absolute atomic E-state index is 4.55. The normalized spacial score (nSPS) is 19.6. The molecule has 1 fully saturated rings. The molecule has 2 aromatic heterocycles. The third-order valence-corrected chi connectivity index (χ3v) is 5.07. The summed E-state index contributed by atoms with van der Waals surface area (Å²) >= 11 is 1.74. The van der Waals surface area contributed by atoms with E-state index in [-0.39, 0.29) is 0 Å². The van der Waals surface area contributed by atoms with Gasteiger partial charge in [0.05, 0.1) is 5.69 Å². The average molecular weight is 285 g/mol. The van der Waals surface area contributed by atoms with Crippen molar-refractivity contribution in [2.75, 3.05) is 19.6 Å². The number of fused-ring (bicyclic) bond motifs is 1. The van der Waals surface area contributed by atoms with Crippen molar-refractivity contribution in [3.8, 4) is 11.3 Å². The standard InChI is InChI=1S/C16H19N3S/c1-2-12(1)9-19-6-3-14-15(4-7-19)17-11-18-16(14)13-5-8-20-10-13/h5,8,10-12H,1-4,6-7,9H2. The van der Waals surface area contributed by atoms with E-state index in [1.807, 2.05) is 0 Å². The van der Waals surface area contributed by atoms with Crippen LogP contribution >= 0.6 is 11.3 Å². The first kappa shape index (κ1) is 12.5. The lowest BCUT2D eigenvalue weighted by atomic mass is 10.0. The van der Waals surface area contributed by atoms with E-state index < -0.39 is 0 Å². The van der Waals surface area contributed by atoms with E-state index in [0.29, 0.717) is 0 Å². The van der Waals surface area contributed by atoms with Crippen LogP contribution in [0.15, 0.2) is 23.2 Å². The van der Waals surface area contributed by atoms with Crippen molar-refractivity contribution in [2.45, 2.75) is 25.7 Å². The van der Waals surface area contributed by atoms with Crippen LogP contribution in [-0.4, -0.2) is 34.5 Å². The Kier molecular flexibility index (Phi) is 3.28. The lowest BCUT2D eigenvalue weighted by Gasteiger charge is -2.18. The number of aromatic nitrogens is 2. The Hall–Kier alpha value is -1.26. The van der Waals surface area contributed by atoms with Crippen molar-refractivity contribution in [1.82, 2.24) is 14.9 Å². The smallest absolute Gasteiger partial charge is 0.116 e. The second kappa shape index (κ2) is 5.26. The molecule has 0 bridgehead atoms. The second-order valence-electron chi connectivity index (χ2n) is 5.90. The van der Waals surface area contributed by atoms with Gasteiger partial charge in [-0.05, 0) is 36.6 Å². The molecule has 0 atom stereocenters. The lowest BCUT2D eigenvalue weighted by Crippen LogP contribution is -2.28. The van der Waals surface area contributed by atoms with Gasteiger partial charge in [-0.2, -0.15) is 11.3 Å². The van der Waals surface area contributed by atoms with Crippen LogP contribution in [0.1, 0.15) is 24.1 Å². The van der Waals surface area contributed by atoms with Gasteiger partial charge in [0.1, 0.15) is 6.33 Å². The van der Waals surface area contributed by atoms with Crippen LogP contribution in [0.25, 0.3) is 11.3 Å². The number of hydrogen-bond donors (Lipinski definition) is 0. The summed E-state index contributed by atoms with van der Waals surface area (Å²) < 4.78 is 0. The highest BCUT2D eigenvalue weighted by Crippen LogP contribution is 2.31. The van der Waals surface area contributed by atoms with Crippen LogP contribution < -0.4 is 0 Å². The van der Waals surface area contributed by atoms with Crippen molar-refractivity contribution in [2.24, 2.45) is 5.92 Å². The Labute approximate surface area is 123 Å². The van der Waals surface area contributed by atoms with Gasteiger partial charge < -0.3 is 4.90 Å². The van der Waals surface area contributed by atoms with Crippen molar-refractivity contribution in [1.29, 1.82) is 0 Å². The summed E-state index contributed by atoms with van der Waals surface area (Å²) in [5, 5.41) is 4.31. The first-order valence-electron chi connectivity index (χ1n) is 7.48.